The summed E-state index contributed by atoms with van der Waals surface area (Å²) < 4.78 is 0. The summed E-state index contributed by atoms with van der Waals surface area (Å²) in [4.78, 5) is 12.5. The van der Waals surface area contributed by atoms with Crippen molar-refractivity contribution in [3.63, 3.8) is 0 Å². The monoisotopic (exact) mass is 314 g/mol. The van der Waals surface area contributed by atoms with Crippen LogP contribution in [0.5, 0.6) is 0 Å². The van der Waals surface area contributed by atoms with Gasteiger partial charge in [-0.05, 0) is 36.9 Å². The number of rotatable bonds is 4. The second-order valence-corrected chi connectivity index (χ2v) is 5.41. The number of nitrogens with one attached hydrogen (secondary N) is 3. The first-order valence-electron chi connectivity index (χ1n) is 6.85. The van der Waals surface area contributed by atoms with Crippen molar-refractivity contribution in [1.29, 1.82) is 0 Å². The number of fused-ring (bicyclic) bond motifs is 1. The average molecular weight is 315 g/mol. The zero-order valence-corrected chi connectivity index (χ0v) is 12.7. The second kappa shape index (κ2) is 6.17. The van der Waals surface area contributed by atoms with Crippen molar-refractivity contribution in [1.82, 2.24) is 15.5 Å². The van der Waals surface area contributed by atoms with Crippen LogP contribution in [0.3, 0.4) is 0 Å². The molecule has 2 aromatic carbocycles. The van der Waals surface area contributed by atoms with Gasteiger partial charge in [0.15, 0.2) is 0 Å². The Kier molecular flexibility index (Phi) is 4.09. The van der Waals surface area contributed by atoms with Crippen LogP contribution in [0.4, 0.5) is 5.69 Å². The number of amides is 1. The molecular formula is C16H15ClN4O. The van der Waals surface area contributed by atoms with Crippen molar-refractivity contribution in [3.05, 3.63) is 58.7 Å². The number of halogens is 1. The molecule has 6 heteroatoms. The third kappa shape index (κ3) is 2.95. The van der Waals surface area contributed by atoms with Crippen molar-refractivity contribution < 1.29 is 4.79 Å². The number of anilines is 1. The molecular weight excluding hydrogens is 300 g/mol. The molecule has 3 N–H and O–H groups in total. The Labute approximate surface area is 132 Å². The third-order valence-corrected chi connectivity index (χ3v) is 3.55. The molecule has 0 radical (unpaired) electrons. The van der Waals surface area contributed by atoms with E-state index in [2.05, 4.69) is 20.8 Å². The van der Waals surface area contributed by atoms with Gasteiger partial charge in [-0.1, -0.05) is 23.7 Å². The average Bonchev–Trinajstić information content (AvgIpc) is 2.95. The van der Waals surface area contributed by atoms with Crippen molar-refractivity contribution in [3.8, 4) is 0 Å². The van der Waals surface area contributed by atoms with Crippen molar-refractivity contribution >= 4 is 34.1 Å². The van der Waals surface area contributed by atoms with Gasteiger partial charge in [-0.2, -0.15) is 5.10 Å². The van der Waals surface area contributed by atoms with Crippen LogP contribution in [0.25, 0.3) is 10.9 Å². The van der Waals surface area contributed by atoms with Gasteiger partial charge in [-0.3, -0.25) is 9.89 Å². The SMILES string of the molecule is CNCc1cccc(NC(=O)c2cc(Cl)cc3[nH]ncc23)c1. The summed E-state index contributed by atoms with van der Waals surface area (Å²) in [6.45, 7) is 0.743. The first-order valence-corrected chi connectivity index (χ1v) is 7.22. The van der Waals surface area contributed by atoms with Crippen LogP contribution in [0, 0.1) is 0 Å². The van der Waals surface area contributed by atoms with Crippen molar-refractivity contribution in [2.45, 2.75) is 6.54 Å². The van der Waals surface area contributed by atoms with E-state index in [0.29, 0.717) is 10.6 Å². The van der Waals surface area contributed by atoms with Crippen molar-refractivity contribution in [2.24, 2.45) is 0 Å². The van der Waals surface area contributed by atoms with Gasteiger partial charge in [0, 0.05) is 22.6 Å². The molecule has 1 heterocycles. The van der Waals surface area contributed by atoms with Crippen LogP contribution in [0.1, 0.15) is 15.9 Å². The number of aromatic amines is 1. The second-order valence-electron chi connectivity index (χ2n) is 4.97. The number of hydrogen-bond acceptors (Lipinski definition) is 3. The Bertz CT molecular complexity index is 828. The number of H-pyrrole nitrogens is 1. The fourth-order valence-electron chi connectivity index (χ4n) is 2.37. The molecule has 112 valence electrons. The van der Waals surface area contributed by atoms with E-state index in [4.69, 9.17) is 11.6 Å². The minimum Gasteiger partial charge on any atom is -0.322 e. The van der Waals surface area contributed by atoms with E-state index in [-0.39, 0.29) is 5.91 Å². The topological polar surface area (TPSA) is 69.8 Å². The summed E-state index contributed by atoms with van der Waals surface area (Å²) in [7, 11) is 1.88. The fourth-order valence-corrected chi connectivity index (χ4v) is 2.58. The predicted octanol–water partition coefficient (Wildman–Crippen LogP) is 3.19. The molecule has 0 saturated heterocycles. The lowest BCUT2D eigenvalue weighted by Gasteiger charge is -2.08. The standard InChI is InChI=1S/C16H15ClN4O/c1-18-8-10-3-2-4-12(5-10)20-16(22)13-6-11(17)7-15-14(13)9-19-21-15/h2-7,9,18H,8H2,1H3,(H,19,21)(H,20,22). The van der Waals surface area contributed by atoms with Gasteiger partial charge < -0.3 is 10.6 Å². The van der Waals surface area contributed by atoms with E-state index < -0.39 is 0 Å². The molecule has 0 aliphatic heterocycles. The molecule has 0 atom stereocenters. The van der Waals surface area contributed by atoms with E-state index in [9.17, 15) is 4.79 Å². The van der Waals surface area contributed by atoms with E-state index >= 15 is 0 Å². The highest BCUT2D eigenvalue weighted by Crippen LogP contribution is 2.23. The summed E-state index contributed by atoms with van der Waals surface area (Å²) in [5.41, 5.74) is 3.08. The van der Waals surface area contributed by atoms with Gasteiger partial charge in [-0.15, -0.1) is 0 Å². The van der Waals surface area contributed by atoms with Crippen LogP contribution >= 0.6 is 11.6 Å². The Balaban J connectivity index is 1.90. The number of benzene rings is 2. The predicted molar refractivity (Wildman–Crippen MR) is 88.3 cm³/mol. The molecule has 0 aliphatic rings. The lowest BCUT2D eigenvalue weighted by molar-refractivity contribution is 0.102. The minimum atomic E-state index is -0.212. The lowest BCUT2D eigenvalue weighted by Crippen LogP contribution is -2.13. The molecule has 0 saturated carbocycles. The van der Waals surface area contributed by atoms with Crippen LogP contribution < -0.4 is 10.6 Å². The van der Waals surface area contributed by atoms with E-state index in [1.165, 1.54) is 0 Å². The van der Waals surface area contributed by atoms with Crippen LogP contribution in [-0.2, 0) is 6.54 Å². The molecule has 3 rings (SSSR count). The van der Waals surface area contributed by atoms with Gasteiger partial charge >= 0.3 is 0 Å². The molecule has 0 unspecified atom stereocenters. The largest absolute Gasteiger partial charge is 0.322 e. The van der Waals surface area contributed by atoms with E-state index in [1.54, 1.807) is 18.3 Å². The molecule has 0 spiro atoms. The summed E-state index contributed by atoms with van der Waals surface area (Å²) in [5, 5.41) is 14.0. The van der Waals surface area contributed by atoms with E-state index in [0.717, 1.165) is 28.7 Å². The maximum atomic E-state index is 12.5. The molecule has 0 fully saturated rings. The lowest BCUT2D eigenvalue weighted by atomic mass is 10.1. The fraction of sp³-hybridized carbons (Fsp3) is 0.125. The zero-order chi connectivity index (χ0) is 15.5. The summed E-state index contributed by atoms with van der Waals surface area (Å²) in [6, 6.07) is 11.1. The first-order chi connectivity index (χ1) is 10.7. The first kappa shape index (κ1) is 14.6. The number of nitrogens with zero attached hydrogens (tertiary/aromatic N) is 1. The maximum absolute atomic E-state index is 12.5. The smallest absolute Gasteiger partial charge is 0.256 e. The van der Waals surface area contributed by atoms with Gasteiger partial charge in [0.1, 0.15) is 0 Å². The quantitative estimate of drug-likeness (QED) is 0.692. The highest BCUT2D eigenvalue weighted by Gasteiger charge is 2.13. The van der Waals surface area contributed by atoms with Gasteiger partial charge in [-0.25, -0.2) is 0 Å². The third-order valence-electron chi connectivity index (χ3n) is 3.33. The number of carbonyl (C=O) groups is 1. The normalized spacial score (nSPS) is 10.8. The molecule has 5 nitrogen and oxygen atoms in total. The Morgan fingerprint density at radius 1 is 1.32 bits per heavy atom. The van der Waals surface area contributed by atoms with Crippen LogP contribution in [-0.4, -0.2) is 23.2 Å². The molecule has 3 aromatic rings. The molecule has 1 amide bonds. The summed E-state index contributed by atoms with van der Waals surface area (Å²) >= 11 is 6.06. The van der Waals surface area contributed by atoms with Crippen LogP contribution in [0.15, 0.2) is 42.6 Å². The summed E-state index contributed by atoms with van der Waals surface area (Å²) in [6.07, 6.45) is 1.62. The minimum absolute atomic E-state index is 0.212. The number of carbonyl (C=O) groups excluding carboxylic acids is 1. The molecule has 22 heavy (non-hydrogen) atoms. The number of hydrogen-bond donors (Lipinski definition) is 3. The molecule has 1 aromatic heterocycles. The number of aromatic nitrogens is 2. The van der Waals surface area contributed by atoms with Crippen LogP contribution in [0.2, 0.25) is 5.02 Å². The molecule has 0 bridgehead atoms. The van der Waals surface area contributed by atoms with Crippen molar-refractivity contribution in [2.75, 3.05) is 12.4 Å². The van der Waals surface area contributed by atoms with Gasteiger partial charge in [0.05, 0.1) is 17.3 Å². The molecule has 0 aliphatic carbocycles. The zero-order valence-electron chi connectivity index (χ0n) is 12.0. The van der Waals surface area contributed by atoms with Gasteiger partial charge in [0.25, 0.3) is 5.91 Å². The van der Waals surface area contributed by atoms with E-state index in [1.807, 2.05) is 31.3 Å². The summed E-state index contributed by atoms with van der Waals surface area (Å²) in [5.74, 6) is -0.212. The highest BCUT2D eigenvalue weighted by molar-refractivity contribution is 6.32. The Hall–Kier alpha value is -2.37. The van der Waals surface area contributed by atoms with Gasteiger partial charge in [0.2, 0.25) is 0 Å². The Morgan fingerprint density at radius 2 is 2.18 bits per heavy atom. The Morgan fingerprint density at radius 3 is 3.00 bits per heavy atom. The maximum Gasteiger partial charge on any atom is 0.256 e. The highest BCUT2D eigenvalue weighted by atomic mass is 35.5.